The number of piperazine rings is 1. The summed E-state index contributed by atoms with van der Waals surface area (Å²) in [6.45, 7) is 2.74. The Labute approximate surface area is 139 Å². The van der Waals surface area contributed by atoms with E-state index in [2.05, 4.69) is 20.3 Å². The van der Waals surface area contributed by atoms with E-state index in [-0.39, 0.29) is 5.91 Å². The first-order valence-corrected chi connectivity index (χ1v) is 7.70. The van der Waals surface area contributed by atoms with E-state index in [0.29, 0.717) is 44.2 Å². The van der Waals surface area contributed by atoms with Crippen LogP contribution < -0.4 is 5.32 Å². The van der Waals surface area contributed by atoms with Gasteiger partial charge >= 0.3 is 0 Å². The maximum atomic E-state index is 12.4. The number of nitrogens with zero attached hydrogens (tertiary/aromatic N) is 5. The summed E-state index contributed by atoms with van der Waals surface area (Å²) in [6, 6.07) is 3.83. The van der Waals surface area contributed by atoms with Crippen LogP contribution in [0, 0.1) is 0 Å². The number of pyridine rings is 1. The number of rotatable bonds is 5. The Kier molecular flexibility index (Phi) is 4.95. The summed E-state index contributed by atoms with van der Waals surface area (Å²) in [7, 11) is 0. The highest BCUT2D eigenvalue weighted by Gasteiger charge is 2.22. The number of amides is 2. The predicted molar refractivity (Wildman–Crippen MR) is 87.1 cm³/mol. The van der Waals surface area contributed by atoms with Crippen LogP contribution >= 0.6 is 0 Å². The Bertz CT molecular complexity index is 683. The molecule has 2 amide bonds. The summed E-state index contributed by atoms with van der Waals surface area (Å²) in [4.78, 5) is 38.8. The smallest absolute Gasteiger partial charge is 0.274 e. The Balaban J connectivity index is 1.56. The summed E-state index contributed by atoms with van der Waals surface area (Å²) < 4.78 is 0. The van der Waals surface area contributed by atoms with Crippen LogP contribution in [0.4, 0.5) is 5.82 Å². The molecule has 1 aliphatic rings. The van der Waals surface area contributed by atoms with E-state index in [0.717, 1.165) is 12.0 Å². The fraction of sp³-hybridized carbons (Fsp3) is 0.312. The number of hydrogen-bond acceptors (Lipinski definition) is 6. The predicted octanol–water partition coefficient (Wildman–Crippen LogP) is 0.398. The highest BCUT2D eigenvalue weighted by Crippen LogP contribution is 2.08. The molecular weight excluding hydrogens is 308 g/mol. The highest BCUT2D eigenvalue weighted by molar-refractivity contribution is 5.92. The van der Waals surface area contributed by atoms with Crippen molar-refractivity contribution in [1.29, 1.82) is 0 Å². The van der Waals surface area contributed by atoms with Crippen molar-refractivity contribution in [2.75, 3.05) is 31.5 Å². The summed E-state index contributed by atoms with van der Waals surface area (Å²) >= 11 is 0. The zero-order chi connectivity index (χ0) is 16.8. The number of aromatic nitrogens is 3. The fourth-order valence-electron chi connectivity index (χ4n) is 2.42. The highest BCUT2D eigenvalue weighted by atomic mass is 16.2. The van der Waals surface area contributed by atoms with Gasteiger partial charge in [0, 0.05) is 45.1 Å². The van der Waals surface area contributed by atoms with Crippen LogP contribution in [0.25, 0.3) is 0 Å². The number of nitrogens with one attached hydrogen (secondary N) is 1. The molecule has 2 aromatic rings. The second-order valence-electron chi connectivity index (χ2n) is 5.43. The largest absolute Gasteiger partial charge is 0.365 e. The Morgan fingerprint density at radius 2 is 1.88 bits per heavy atom. The molecule has 0 aromatic carbocycles. The summed E-state index contributed by atoms with van der Waals surface area (Å²) in [6.07, 6.45) is 7.30. The Hall–Kier alpha value is -3.03. The second kappa shape index (κ2) is 7.49. The van der Waals surface area contributed by atoms with E-state index < -0.39 is 0 Å². The van der Waals surface area contributed by atoms with Crippen LogP contribution in [0.15, 0.2) is 36.9 Å². The molecule has 3 heterocycles. The zero-order valence-corrected chi connectivity index (χ0v) is 13.1. The van der Waals surface area contributed by atoms with Gasteiger partial charge < -0.3 is 15.1 Å². The molecule has 8 heteroatoms. The monoisotopic (exact) mass is 326 g/mol. The molecule has 3 rings (SSSR count). The van der Waals surface area contributed by atoms with Crippen LogP contribution in [0.2, 0.25) is 0 Å². The van der Waals surface area contributed by atoms with Gasteiger partial charge in [0.2, 0.25) is 6.41 Å². The fourth-order valence-corrected chi connectivity index (χ4v) is 2.42. The number of carbonyl (C=O) groups is 2. The molecule has 1 aliphatic heterocycles. The molecule has 1 saturated heterocycles. The van der Waals surface area contributed by atoms with Crippen molar-refractivity contribution in [3.05, 3.63) is 48.2 Å². The lowest BCUT2D eigenvalue weighted by Crippen LogP contribution is -2.48. The van der Waals surface area contributed by atoms with Gasteiger partial charge in [-0.3, -0.25) is 14.6 Å². The number of hydrogen-bond donors (Lipinski definition) is 1. The van der Waals surface area contributed by atoms with E-state index >= 15 is 0 Å². The molecule has 0 radical (unpaired) electrons. The lowest BCUT2D eigenvalue weighted by molar-refractivity contribution is -0.119. The summed E-state index contributed by atoms with van der Waals surface area (Å²) in [5, 5.41) is 3.15. The van der Waals surface area contributed by atoms with E-state index in [1.165, 1.54) is 6.20 Å². The van der Waals surface area contributed by atoms with Gasteiger partial charge in [-0.25, -0.2) is 9.97 Å². The molecule has 0 unspecified atom stereocenters. The third-order valence-corrected chi connectivity index (χ3v) is 3.84. The van der Waals surface area contributed by atoms with Gasteiger partial charge in [0.05, 0.1) is 12.4 Å². The average molecular weight is 326 g/mol. The minimum Gasteiger partial charge on any atom is -0.365 e. The van der Waals surface area contributed by atoms with Crippen molar-refractivity contribution >= 4 is 18.1 Å². The van der Waals surface area contributed by atoms with Gasteiger partial charge in [0.15, 0.2) is 0 Å². The second-order valence-corrected chi connectivity index (χ2v) is 5.43. The summed E-state index contributed by atoms with van der Waals surface area (Å²) in [5.41, 5.74) is 1.39. The van der Waals surface area contributed by atoms with Gasteiger partial charge in [0.1, 0.15) is 11.5 Å². The molecule has 124 valence electrons. The lowest BCUT2D eigenvalue weighted by Gasteiger charge is -2.32. The third kappa shape index (κ3) is 3.83. The minimum atomic E-state index is -0.159. The SMILES string of the molecule is O=CN1CCN(C(=O)c2cnc(NCc3ccncc3)cn2)CC1. The first-order valence-electron chi connectivity index (χ1n) is 7.70. The van der Waals surface area contributed by atoms with Gasteiger partial charge in [-0.1, -0.05) is 0 Å². The topological polar surface area (TPSA) is 91.3 Å². The molecule has 2 aromatic heterocycles. The van der Waals surface area contributed by atoms with Gasteiger partial charge in [-0.15, -0.1) is 0 Å². The molecule has 0 bridgehead atoms. The van der Waals surface area contributed by atoms with Gasteiger partial charge in [-0.2, -0.15) is 0 Å². The van der Waals surface area contributed by atoms with Crippen LogP contribution in [0.1, 0.15) is 16.1 Å². The molecule has 0 aliphatic carbocycles. The Morgan fingerprint density at radius 3 is 2.50 bits per heavy atom. The van der Waals surface area contributed by atoms with E-state index in [1.54, 1.807) is 28.4 Å². The van der Waals surface area contributed by atoms with E-state index in [4.69, 9.17) is 0 Å². The Morgan fingerprint density at radius 1 is 1.12 bits per heavy atom. The molecule has 0 saturated carbocycles. The molecule has 8 nitrogen and oxygen atoms in total. The first kappa shape index (κ1) is 15.9. The molecule has 1 N–H and O–H groups in total. The van der Waals surface area contributed by atoms with Crippen LogP contribution in [0.3, 0.4) is 0 Å². The summed E-state index contributed by atoms with van der Waals surface area (Å²) in [5.74, 6) is 0.447. The molecule has 1 fully saturated rings. The molecule has 24 heavy (non-hydrogen) atoms. The van der Waals surface area contributed by atoms with Crippen LogP contribution in [0.5, 0.6) is 0 Å². The average Bonchev–Trinajstić information content (AvgIpc) is 2.67. The maximum absolute atomic E-state index is 12.4. The lowest BCUT2D eigenvalue weighted by atomic mass is 10.3. The van der Waals surface area contributed by atoms with Gasteiger partial charge in [0.25, 0.3) is 5.91 Å². The van der Waals surface area contributed by atoms with Crippen LogP contribution in [-0.2, 0) is 11.3 Å². The number of anilines is 1. The minimum absolute atomic E-state index is 0.159. The molecule has 0 spiro atoms. The third-order valence-electron chi connectivity index (χ3n) is 3.84. The zero-order valence-electron chi connectivity index (χ0n) is 13.1. The standard InChI is InChI=1S/C16H18N6O2/c23-12-21-5-7-22(8-6-21)16(24)14-10-20-15(11-18-14)19-9-13-1-3-17-4-2-13/h1-4,10-12H,5-9H2,(H,19,20). The van der Waals surface area contributed by atoms with E-state index in [1.807, 2.05) is 12.1 Å². The van der Waals surface area contributed by atoms with Crippen LogP contribution in [-0.4, -0.2) is 63.2 Å². The van der Waals surface area contributed by atoms with Crippen molar-refractivity contribution in [2.24, 2.45) is 0 Å². The maximum Gasteiger partial charge on any atom is 0.274 e. The normalized spacial score (nSPS) is 14.3. The molecule has 0 atom stereocenters. The van der Waals surface area contributed by atoms with Crippen molar-refractivity contribution in [1.82, 2.24) is 24.8 Å². The van der Waals surface area contributed by atoms with Crippen molar-refractivity contribution in [3.63, 3.8) is 0 Å². The molecular formula is C16H18N6O2. The van der Waals surface area contributed by atoms with Crippen molar-refractivity contribution < 1.29 is 9.59 Å². The quantitative estimate of drug-likeness (QED) is 0.800. The number of carbonyl (C=O) groups excluding carboxylic acids is 2. The van der Waals surface area contributed by atoms with Crippen molar-refractivity contribution in [3.8, 4) is 0 Å². The van der Waals surface area contributed by atoms with E-state index in [9.17, 15) is 9.59 Å². The van der Waals surface area contributed by atoms with Gasteiger partial charge in [-0.05, 0) is 17.7 Å². The first-order chi connectivity index (χ1) is 11.8. The van der Waals surface area contributed by atoms with Crippen molar-refractivity contribution in [2.45, 2.75) is 6.54 Å².